The summed E-state index contributed by atoms with van der Waals surface area (Å²) in [6, 6.07) is 4.22. The number of allylic oxidation sites excluding steroid dienone is 2. The van der Waals surface area contributed by atoms with Crippen molar-refractivity contribution >= 4 is 35.2 Å². The summed E-state index contributed by atoms with van der Waals surface area (Å²) >= 11 is 0. The molecular formula is C18H19N. The van der Waals surface area contributed by atoms with Crippen LogP contribution >= 0.6 is 0 Å². The van der Waals surface area contributed by atoms with Crippen molar-refractivity contribution in [1.82, 2.24) is 4.98 Å². The summed E-state index contributed by atoms with van der Waals surface area (Å²) < 4.78 is 0. The minimum atomic E-state index is 1.05. The number of hydrogen-bond acceptors (Lipinski definition) is 0. The van der Waals surface area contributed by atoms with Gasteiger partial charge in [-0.05, 0) is 37.1 Å². The highest BCUT2D eigenvalue weighted by molar-refractivity contribution is 6.00. The van der Waals surface area contributed by atoms with Gasteiger partial charge in [-0.25, -0.2) is 0 Å². The van der Waals surface area contributed by atoms with Gasteiger partial charge < -0.3 is 4.98 Å². The van der Waals surface area contributed by atoms with Crippen LogP contribution in [0.1, 0.15) is 36.2 Å². The number of H-pyrrole nitrogens is 1. The van der Waals surface area contributed by atoms with E-state index in [1.807, 2.05) is 38.2 Å². The minimum absolute atomic E-state index is 1.05. The second kappa shape index (κ2) is 5.57. The van der Waals surface area contributed by atoms with Gasteiger partial charge in [0.25, 0.3) is 0 Å². The third-order valence-corrected chi connectivity index (χ3v) is 3.20. The SMILES string of the molecule is C=Cc1[nH]c2ccc(/C=C\C)c(C=C)c2c1/C=C\C. The molecule has 1 aromatic carbocycles. The summed E-state index contributed by atoms with van der Waals surface area (Å²) in [4.78, 5) is 3.40. The van der Waals surface area contributed by atoms with Gasteiger partial charge in [-0.1, -0.05) is 49.6 Å². The fourth-order valence-electron chi connectivity index (χ4n) is 2.42. The fourth-order valence-corrected chi connectivity index (χ4v) is 2.42. The van der Waals surface area contributed by atoms with Gasteiger partial charge in [-0.2, -0.15) is 0 Å². The summed E-state index contributed by atoms with van der Waals surface area (Å²) in [6.07, 6.45) is 12.1. The van der Waals surface area contributed by atoms with Crippen LogP contribution in [0.15, 0.2) is 37.4 Å². The zero-order valence-corrected chi connectivity index (χ0v) is 11.5. The zero-order valence-electron chi connectivity index (χ0n) is 11.5. The molecule has 0 aliphatic carbocycles. The van der Waals surface area contributed by atoms with E-state index >= 15 is 0 Å². The number of aromatic amines is 1. The van der Waals surface area contributed by atoms with Crippen LogP contribution in [0.4, 0.5) is 0 Å². The molecule has 2 rings (SSSR count). The van der Waals surface area contributed by atoms with E-state index in [2.05, 4.69) is 42.4 Å². The van der Waals surface area contributed by atoms with Crippen molar-refractivity contribution in [3.63, 3.8) is 0 Å². The molecule has 1 N–H and O–H groups in total. The minimum Gasteiger partial charge on any atom is -0.355 e. The normalized spacial score (nSPS) is 11.7. The lowest BCUT2D eigenvalue weighted by Crippen LogP contribution is -1.84. The lowest BCUT2D eigenvalue weighted by Gasteiger charge is -2.04. The average Bonchev–Trinajstić information content (AvgIpc) is 2.78. The fraction of sp³-hybridized carbons (Fsp3) is 0.111. The van der Waals surface area contributed by atoms with Crippen molar-refractivity contribution in [3.8, 4) is 0 Å². The highest BCUT2D eigenvalue weighted by Gasteiger charge is 2.11. The van der Waals surface area contributed by atoms with Gasteiger partial charge in [0.1, 0.15) is 0 Å². The Morgan fingerprint density at radius 2 is 1.68 bits per heavy atom. The van der Waals surface area contributed by atoms with Crippen LogP contribution in [0.25, 0.3) is 35.2 Å². The summed E-state index contributed by atoms with van der Waals surface area (Å²) in [5.74, 6) is 0. The molecule has 0 atom stereocenters. The van der Waals surface area contributed by atoms with Crippen LogP contribution in [0, 0.1) is 0 Å². The van der Waals surface area contributed by atoms with Crippen LogP contribution < -0.4 is 0 Å². The first-order valence-electron chi connectivity index (χ1n) is 6.45. The molecular weight excluding hydrogens is 230 g/mol. The topological polar surface area (TPSA) is 15.8 Å². The first-order valence-corrected chi connectivity index (χ1v) is 6.45. The molecule has 0 saturated carbocycles. The lowest BCUT2D eigenvalue weighted by molar-refractivity contribution is 1.42. The van der Waals surface area contributed by atoms with Crippen molar-refractivity contribution in [3.05, 3.63) is 59.8 Å². The zero-order chi connectivity index (χ0) is 13.8. The smallest absolute Gasteiger partial charge is 0.0471 e. The Morgan fingerprint density at radius 1 is 0.947 bits per heavy atom. The largest absolute Gasteiger partial charge is 0.355 e. The first kappa shape index (κ1) is 13.2. The van der Waals surface area contributed by atoms with Crippen molar-refractivity contribution in [2.45, 2.75) is 13.8 Å². The number of rotatable bonds is 4. The number of nitrogens with one attached hydrogen (secondary N) is 1. The summed E-state index contributed by atoms with van der Waals surface area (Å²) in [7, 11) is 0. The molecule has 0 fully saturated rings. The van der Waals surface area contributed by atoms with Crippen molar-refractivity contribution < 1.29 is 0 Å². The molecule has 1 aromatic heterocycles. The van der Waals surface area contributed by atoms with Crippen molar-refractivity contribution in [2.24, 2.45) is 0 Å². The summed E-state index contributed by atoms with van der Waals surface area (Å²) in [5, 5.41) is 1.21. The summed E-state index contributed by atoms with van der Waals surface area (Å²) in [5.41, 5.74) is 5.69. The molecule has 0 saturated heterocycles. The van der Waals surface area contributed by atoms with Crippen LogP contribution in [-0.2, 0) is 0 Å². The molecule has 0 bridgehead atoms. The average molecular weight is 249 g/mol. The van der Waals surface area contributed by atoms with Gasteiger partial charge in [0.15, 0.2) is 0 Å². The molecule has 0 aliphatic heterocycles. The Kier molecular flexibility index (Phi) is 3.86. The molecule has 2 aromatic rings. The number of aromatic nitrogens is 1. The van der Waals surface area contributed by atoms with Crippen LogP contribution in [0.5, 0.6) is 0 Å². The maximum absolute atomic E-state index is 3.96. The van der Waals surface area contributed by atoms with E-state index in [-0.39, 0.29) is 0 Å². The molecule has 0 radical (unpaired) electrons. The van der Waals surface area contributed by atoms with Gasteiger partial charge in [0.05, 0.1) is 0 Å². The van der Waals surface area contributed by atoms with E-state index in [0.29, 0.717) is 0 Å². The van der Waals surface area contributed by atoms with Crippen LogP contribution in [-0.4, -0.2) is 4.98 Å². The Morgan fingerprint density at radius 3 is 2.26 bits per heavy atom. The molecule has 1 heteroatoms. The second-order valence-electron chi connectivity index (χ2n) is 4.35. The molecule has 0 spiro atoms. The highest BCUT2D eigenvalue weighted by Crippen LogP contribution is 2.31. The molecule has 1 heterocycles. The predicted molar refractivity (Wildman–Crippen MR) is 87.9 cm³/mol. The van der Waals surface area contributed by atoms with Gasteiger partial charge >= 0.3 is 0 Å². The maximum atomic E-state index is 3.96. The van der Waals surface area contributed by atoms with E-state index in [1.165, 1.54) is 16.5 Å². The first-order chi connectivity index (χ1) is 9.26. The number of hydrogen-bond donors (Lipinski definition) is 1. The molecule has 96 valence electrons. The summed E-state index contributed by atoms with van der Waals surface area (Å²) in [6.45, 7) is 11.9. The number of benzene rings is 1. The molecule has 0 unspecified atom stereocenters. The molecule has 1 nitrogen and oxygen atoms in total. The molecule has 0 amide bonds. The lowest BCUT2D eigenvalue weighted by atomic mass is 9.98. The maximum Gasteiger partial charge on any atom is 0.0471 e. The standard InChI is InChI=1S/C18H19N/c1-5-9-13-11-12-17-18(14(13)7-3)15(10-6-2)16(8-4)19-17/h5-12,19H,3-4H2,1-2H3/b9-5-,10-6-. The van der Waals surface area contributed by atoms with Crippen molar-refractivity contribution in [1.29, 1.82) is 0 Å². The Balaban J connectivity index is 2.92. The third-order valence-electron chi connectivity index (χ3n) is 3.20. The molecule has 19 heavy (non-hydrogen) atoms. The van der Waals surface area contributed by atoms with Gasteiger partial charge in [-0.3, -0.25) is 0 Å². The third kappa shape index (κ3) is 2.19. The van der Waals surface area contributed by atoms with E-state index < -0.39 is 0 Å². The quantitative estimate of drug-likeness (QED) is 0.734. The van der Waals surface area contributed by atoms with E-state index in [1.54, 1.807) is 0 Å². The van der Waals surface area contributed by atoms with Gasteiger partial charge in [0, 0.05) is 22.2 Å². The van der Waals surface area contributed by atoms with Crippen LogP contribution in [0.3, 0.4) is 0 Å². The second-order valence-corrected chi connectivity index (χ2v) is 4.35. The predicted octanol–water partition coefficient (Wildman–Crippen LogP) is 5.52. The van der Waals surface area contributed by atoms with E-state index in [4.69, 9.17) is 0 Å². The Hall–Kier alpha value is -2.28. The monoisotopic (exact) mass is 249 g/mol. The number of fused-ring (bicyclic) bond motifs is 1. The van der Waals surface area contributed by atoms with Crippen molar-refractivity contribution in [2.75, 3.05) is 0 Å². The van der Waals surface area contributed by atoms with Crippen LogP contribution in [0.2, 0.25) is 0 Å². The highest BCUT2D eigenvalue weighted by atomic mass is 14.7. The Labute approximate surface area is 114 Å². The van der Waals surface area contributed by atoms with Gasteiger partial charge in [0.2, 0.25) is 0 Å². The van der Waals surface area contributed by atoms with Gasteiger partial charge in [-0.15, -0.1) is 0 Å². The van der Waals surface area contributed by atoms with E-state index in [9.17, 15) is 0 Å². The van der Waals surface area contributed by atoms with E-state index in [0.717, 1.165) is 16.8 Å². The molecule has 0 aliphatic rings. The Bertz CT molecular complexity index is 681.